The number of hydrogen-bond acceptors (Lipinski definition) is 5. The van der Waals surface area contributed by atoms with Gasteiger partial charge < -0.3 is 10.1 Å². The molecular weight excluding hydrogens is 316 g/mol. The van der Waals surface area contributed by atoms with Gasteiger partial charge in [0.1, 0.15) is 17.9 Å². The van der Waals surface area contributed by atoms with E-state index < -0.39 is 0 Å². The van der Waals surface area contributed by atoms with Gasteiger partial charge in [-0.2, -0.15) is 5.10 Å². The third kappa shape index (κ3) is 2.87. The summed E-state index contributed by atoms with van der Waals surface area (Å²) in [6.45, 7) is 4.60. The minimum Gasteiger partial charge on any atom is -0.383 e. The van der Waals surface area contributed by atoms with Crippen molar-refractivity contribution in [3.8, 4) is 0 Å². The Labute approximate surface area is 136 Å². The van der Waals surface area contributed by atoms with Crippen LogP contribution in [0.25, 0.3) is 15.7 Å². The molecule has 0 bridgehead atoms. The van der Waals surface area contributed by atoms with E-state index in [2.05, 4.69) is 10.4 Å². The van der Waals surface area contributed by atoms with Crippen molar-refractivity contribution in [1.29, 1.82) is 0 Å². The molecule has 0 saturated carbocycles. The molecular formula is C15H18N4O3S. The lowest BCUT2D eigenvalue weighted by molar-refractivity contribution is -0.122. The summed E-state index contributed by atoms with van der Waals surface area (Å²) in [5.41, 5.74) is 1.27. The molecule has 0 aliphatic heterocycles. The van der Waals surface area contributed by atoms with Crippen LogP contribution < -0.4 is 10.9 Å². The molecule has 0 unspecified atom stereocenters. The molecule has 0 aliphatic rings. The zero-order valence-corrected chi connectivity index (χ0v) is 14.1. The second-order valence-electron chi connectivity index (χ2n) is 5.32. The summed E-state index contributed by atoms with van der Waals surface area (Å²) in [5, 5.41) is 6.97. The van der Waals surface area contributed by atoms with E-state index in [1.165, 1.54) is 9.56 Å². The SMILES string of the molecule is COCCNC(=O)Cn1nc(C)n2c(cc3sc(C)cc32)c1=O. The van der Waals surface area contributed by atoms with Crippen LogP contribution in [0.2, 0.25) is 0 Å². The minimum atomic E-state index is -0.265. The van der Waals surface area contributed by atoms with Gasteiger partial charge in [0, 0.05) is 18.5 Å². The number of carbonyl (C=O) groups is 1. The number of methoxy groups -OCH3 is 1. The van der Waals surface area contributed by atoms with Gasteiger partial charge in [-0.15, -0.1) is 11.3 Å². The summed E-state index contributed by atoms with van der Waals surface area (Å²) >= 11 is 1.64. The van der Waals surface area contributed by atoms with E-state index >= 15 is 0 Å². The van der Waals surface area contributed by atoms with Crippen molar-refractivity contribution in [2.24, 2.45) is 0 Å². The molecule has 0 saturated heterocycles. The fourth-order valence-electron chi connectivity index (χ4n) is 2.61. The van der Waals surface area contributed by atoms with E-state index in [9.17, 15) is 9.59 Å². The quantitative estimate of drug-likeness (QED) is 0.709. The number of carbonyl (C=O) groups excluding carboxylic acids is 1. The summed E-state index contributed by atoms with van der Waals surface area (Å²) in [5.74, 6) is 0.418. The van der Waals surface area contributed by atoms with Crippen LogP contribution in [0.3, 0.4) is 0 Å². The number of thiophene rings is 1. The second kappa shape index (κ2) is 6.13. The van der Waals surface area contributed by atoms with Crippen LogP contribution in [-0.4, -0.2) is 40.3 Å². The molecule has 0 aromatic carbocycles. The summed E-state index contributed by atoms with van der Waals surface area (Å²) in [7, 11) is 1.56. The Morgan fingerprint density at radius 2 is 2.13 bits per heavy atom. The number of nitrogens with zero attached hydrogens (tertiary/aromatic N) is 3. The molecule has 8 heteroatoms. The fourth-order valence-corrected chi connectivity index (χ4v) is 3.55. The van der Waals surface area contributed by atoms with Crippen molar-refractivity contribution >= 4 is 33.0 Å². The van der Waals surface area contributed by atoms with Gasteiger partial charge in [0.25, 0.3) is 5.56 Å². The summed E-state index contributed by atoms with van der Waals surface area (Å²) in [6.07, 6.45) is 0. The number of fused-ring (bicyclic) bond motifs is 3. The van der Waals surface area contributed by atoms with Crippen LogP contribution in [0.5, 0.6) is 0 Å². The number of nitrogens with one attached hydrogen (secondary N) is 1. The highest BCUT2D eigenvalue weighted by Gasteiger charge is 2.15. The van der Waals surface area contributed by atoms with E-state index in [0.29, 0.717) is 24.5 Å². The molecule has 0 spiro atoms. The average molecular weight is 334 g/mol. The standard InChI is InChI=1S/C15H18N4O3S/c1-9-6-11-13(23-9)7-12-15(21)18(17-10(2)19(11)12)8-14(20)16-4-5-22-3/h6-7H,4-5,8H2,1-3H3,(H,16,20). The van der Waals surface area contributed by atoms with Crippen LogP contribution >= 0.6 is 11.3 Å². The Hall–Kier alpha value is -2.19. The Balaban J connectivity index is 1.98. The Morgan fingerprint density at radius 3 is 2.87 bits per heavy atom. The Kier molecular flexibility index (Phi) is 4.18. The van der Waals surface area contributed by atoms with Gasteiger partial charge in [-0.25, -0.2) is 4.68 Å². The topological polar surface area (TPSA) is 77.6 Å². The largest absolute Gasteiger partial charge is 0.383 e. The Morgan fingerprint density at radius 1 is 1.35 bits per heavy atom. The molecule has 0 radical (unpaired) electrons. The molecule has 0 atom stereocenters. The van der Waals surface area contributed by atoms with E-state index in [4.69, 9.17) is 4.74 Å². The van der Waals surface area contributed by atoms with Gasteiger partial charge in [-0.05, 0) is 26.0 Å². The first-order chi connectivity index (χ1) is 11.0. The number of aryl methyl sites for hydroxylation is 2. The normalized spacial score (nSPS) is 11.4. The molecule has 23 heavy (non-hydrogen) atoms. The average Bonchev–Trinajstić information content (AvgIpc) is 3.00. The zero-order chi connectivity index (χ0) is 16.6. The fraction of sp³-hybridized carbons (Fsp3) is 0.400. The van der Waals surface area contributed by atoms with E-state index in [0.717, 1.165) is 10.2 Å². The molecule has 3 aromatic heterocycles. The van der Waals surface area contributed by atoms with Crippen LogP contribution in [0.1, 0.15) is 10.7 Å². The third-order valence-electron chi connectivity index (χ3n) is 3.58. The number of ether oxygens (including phenoxy) is 1. The van der Waals surface area contributed by atoms with Crippen molar-refractivity contribution in [2.45, 2.75) is 20.4 Å². The molecule has 122 valence electrons. The molecule has 0 aliphatic carbocycles. The van der Waals surface area contributed by atoms with Gasteiger partial charge in [-0.1, -0.05) is 0 Å². The van der Waals surface area contributed by atoms with E-state index in [1.807, 2.05) is 30.4 Å². The number of aromatic nitrogens is 3. The number of rotatable bonds is 5. The monoisotopic (exact) mass is 334 g/mol. The maximum atomic E-state index is 12.6. The van der Waals surface area contributed by atoms with Gasteiger partial charge in [-0.3, -0.25) is 14.0 Å². The zero-order valence-electron chi connectivity index (χ0n) is 13.3. The van der Waals surface area contributed by atoms with Gasteiger partial charge >= 0.3 is 0 Å². The van der Waals surface area contributed by atoms with Crippen LogP contribution in [-0.2, 0) is 16.1 Å². The molecule has 0 fully saturated rings. The van der Waals surface area contributed by atoms with E-state index in [-0.39, 0.29) is 18.0 Å². The summed E-state index contributed by atoms with van der Waals surface area (Å²) in [6, 6.07) is 3.91. The maximum absolute atomic E-state index is 12.6. The van der Waals surface area contributed by atoms with Crippen molar-refractivity contribution in [2.75, 3.05) is 20.3 Å². The highest BCUT2D eigenvalue weighted by molar-refractivity contribution is 7.19. The minimum absolute atomic E-state index is 0.0995. The van der Waals surface area contributed by atoms with Crippen molar-refractivity contribution < 1.29 is 9.53 Å². The predicted octanol–water partition coefficient (Wildman–Crippen LogP) is 1.09. The van der Waals surface area contributed by atoms with E-state index in [1.54, 1.807) is 18.4 Å². The van der Waals surface area contributed by atoms with Gasteiger partial charge in [0.15, 0.2) is 0 Å². The predicted molar refractivity (Wildman–Crippen MR) is 89.2 cm³/mol. The summed E-state index contributed by atoms with van der Waals surface area (Å²) in [4.78, 5) is 25.6. The highest BCUT2D eigenvalue weighted by Crippen LogP contribution is 2.27. The molecule has 3 rings (SSSR count). The van der Waals surface area contributed by atoms with Crippen molar-refractivity contribution in [3.63, 3.8) is 0 Å². The van der Waals surface area contributed by atoms with Crippen molar-refractivity contribution in [3.05, 3.63) is 33.2 Å². The molecule has 1 amide bonds. The molecule has 3 heterocycles. The van der Waals surface area contributed by atoms with Crippen LogP contribution in [0.15, 0.2) is 16.9 Å². The number of amides is 1. The van der Waals surface area contributed by atoms with Gasteiger partial charge in [0.2, 0.25) is 5.91 Å². The second-order valence-corrected chi connectivity index (χ2v) is 6.61. The molecule has 1 N–H and O–H groups in total. The highest BCUT2D eigenvalue weighted by atomic mass is 32.1. The van der Waals surface area contributed by atoms with Crippen molar-refractivity contribution in [1.82, 2.24) is 19.5 Å². The van der Waals surface area contributed by atoms with Crippen LogP contribution in [0.4, 0.5) is 0 Å². The maximum Gasteiger partial charge on any atom is 0.291 e. The smallest absolute Gasteiger partial charge is 0.291 e. The molecule has 7 nitrogen and oxygen atoms in total. The first kappa shape index (κ1) is 15.7. The lowest BCUT2D eigenvalue weighted by Gasteiger charge is -2.09. The number of hydrogen-bond donors (Lipinski definition) is 1. The van der Waals surface area contributed by atoms with Crippen LogP contribution in [0, 0.1) is 13.8 Å². The lowest BCUT2D eigenvalue weighted by atomic mass is 10.4. The first-order valence-corrected chi connectivity index (χ1v) is 8.08. The summed E-state index contributed by atoms with van der Waals surface area (Å²) < 4.78 is 8.98. The Bertz CT molecular complexity index is 938. The van der Waals surface area contributed by atoms with Gasteiger partial charge in [0.05, 0.1) is 16.8 Å². The molecule has 3 aromatic rings. The lowest BCUT2D eigenvalue weighted by Crippen LogP contribution is -2.36. The first-order valence-electron chi connectivity index (χ1n) is 7.26. The third-order valence-corrected chi connectivity index (χ3v) is 4.56.